The molecular weight excluding hydrogens is 935 g/mol. The van der Waals surface area contributed by atoms with Crippen LogP contribution in [0.4, 0.5) is 0 Å². The smallest absolute Gasteiger partial charge is 0.159 e. The molecule has 1 fully saturated rings. The summed E-state index contributed by atoms with van der Waals surface area (Å²) < 4.78 is 0. The van der Waals surface area contributed by atoms with Gasteiger partial charge in [0.15, 0.2) is 5.82 Å². The third-order valence-electron chi connectivity index (χ3n) is 15.4. The SMILES string of the molecule is c1ccc(-c2ccc(-c3ccccc3-c3cc(-c4ccccc4-c4ccc(-c5ccccn5)cc4)cc(-c4ccccc4-c4ccc(-c5ncccn5)cc4C4(c5cccc(-c6ccccn6)c5)CCCC4)c3)cc2)nc1. The lowest BCUT2D eigenvalue weighted by atomic mass is 9.69. The van der Waals surface area contributed by atoms with Gasteiger partial charge in [0.1, 0.15) is 0 Å². The zero-order chi connectivity index (χ0) is 51.4. The maximum Gasteiger partial charge on any atom is 0.159 e. The molecule has 0 unspecified atom stereocenters. The van der Waals surface area contributed by atoms with Gasteiger partial charge in [-0.3, -0.25) is 15.0 Å². The average Bonchev–Trinajstić information content (AvgIpc) is 4.06. The summed E-state index contributed by atoms with van der Waals surface area (Å²) in [4.78, 5) is 23.6. The molecule has 12 aromatic rings. The Kier molecular flexibility index (Phi) is 12.8. The molecule has 0 N–H and O–H groups in total. The lowest BCUT2D eigenvalue weighted by molar-refractivity contribution is 0.537. The first-order valence-corrected chi connectivity index (χ1v) is 26.6. The topological polar surface area (TPSA) is 64.5 Å². The number of nitrogens with zero attached hydrogens (tertiary/aromatic N) is 5. The van der Waals surface area contributed by atoms with Gasteiger partial charge in [-0.1, -0.05) is 183 Å². The highest BCUT2D eigenvalue weighted by Gasteiger charge is 2.40. The first kappa shape index (κ1) is 47.0. The molecule has 366 valence electrons. The van der Waals surface area contributed by atoms with Gasteiger partial charge in [-0.05, 0) is 164 Å². The molecule has 8 aromatic carbocycles. The molecular formula is C72H53N5. The summed E-state index contributed by atoms with van der Waals surface area (Å²) in [7, 11) is 0. The molecule has 1 aliphatic carbocycles. The van der Waals surface area contributed by atoms with E-state index in [-0.39, 0.29) is 5.41 Å². The van der Waals surface area contributed by atoms with Gasteiger partial charge >= 0.3 is 0 Å². The van der Waals surface area contributed by atoms with Gasteiger partial charge in [0, 0.05) is 58.7 Å². The van der Waals surface area contributed by atoms with Crippen molar-refractivity contribution in [2.24, 2.45) is 0 Å². The monoisotopic (exact) mass is 987 g/mol. The van der Waals surface area contributed by atoms with Crippen LogP contribution in [-0.2, 0) is 5.41 Å². The number of hydrogen-bond acceptors (Lipinski definition) is 5. The van der Waals surface area contributed by atoms with Gasteiger partial charge in [0.25, 0.3) is 0 Å². The minimum Gasteiger partial charge on any atom is -0.256 e. The second kappa shape index (κ2) is 20.9. The molecule has 1 saturated carbocycles. The zero-order valence-corrected chi connectivity index (χ0v) is 42.5. The number of hydrogen-bond donors (Lipinski definition) is 0. The van der Waals surface area contributed by atoms with E-state index in [0.717, 1.165) is 126 Å². The fourth-order valence-corrected chi connectivity index (χ4v) is 11.7. The Morgan fingerprint density at radius 1 is 0.247 bits per heavy atom. The van der Waals surface area contributed by atoms with Crippen molar-refractivity contribution < 1.29 is 0 Å². The Hall–Kier alpha value is -9.71. The molecule has 0 radical (unpaired) electrons. The predicted octanol–water partition coefficient (Wildman–Crippen LogP) is 18.2. The van der Waals surface area contributed by atoms with Gasteiger partial charge in [0.05, 0.1) is 17.1 Å². The maximum absolute atomic E-state index is 4.79. The zero-order valence-electron chi connectivity index (χ0n) is 42.5. The minimum atomic E-state index is -0.277. The molecule has 1 aliphatic rings. The summed E-state index contributed by atoms with van der Waals surface area (Å²) in [5.74, 6) is 0.719. The van der Waals surface area contributed by atoms with Crippen molar-refractivity contribution in [2.45, 2.75) is 31.1 Å². The molecule has 0 aliphatic heterocycles. The first-order valence-electron chi connectivity index (χ1n) is 26.6. The van der Waals surface area contributed by atoms with E-state index in [2.05, 4.69) is 216 Å². The van der Waals surface area contributed by atoms with E-state index in [9.17, 15) is 0 Å². The van der Waals surface area contributed by atoms with Crippen molar-refractivity contribution in [3.8, 4) is 112 Å². The Balaban J connectivity index is 1.01. The van der Waals surface area contributed by atoms with Crippen LogP contribution in [0.3, 0.4) is 0 Å². The van der Waals surface area contributed by atoms with Crippen molar-refractivity contribution >= 4 is 0 Å². The van der Waals surface area contributed by atoms with Crippen LogP contribution in [0.5, 0.6) is 0 Å². The molecule has 4 aromatic heterocycles. The van der Waals surface area contributed by atoms with Crippen molar-refractivity contribution in [1.82, 2.24) is 24.9 Å². The minimum absolute atomic E-state index is 0.277. The average molecular weight is 988 g/mol. The van der Waals surface area contributed by atoms with Crippen LogP contribution in [0.25, 0.3) is 112 Å². The molecule has 5 nitrogen and oxygen atoms in total. The molecule has 4 heterocycles. The van der Waals surface area contributed by atoms with E-state index in [4.69, 9.17) is 15.0 Å². The van der Waals surface area contributed by atoms with Crippen LogP contribution in [0.15, 0.2) is 274 Å². The van der Waals surface area contributed by atoms with Crippen LogP contribution in [0.2, 0.25) is 0 Å². The molecule has 77 heavy (non-hydrogen) atoms. The second-order valence-electron chi connectivity index (χ2n) is 19.9. The molecule has 0 spiro atoms. The van der Waals surface area contributed by atoms with Crippen LogP contribution >= 0.6 is 0 Å². The first-order chi connectivity index (χ1) is 38.1. The third-order valence-corrected chi connectivity index (χ3v) is 15.4. The number of benzene rings is 8. The second-order valence-corrected chi connectivity index (χ2v) is 19.9. The molecule has 0 saturated heterocycles. The van der Waals surface area contributed by atoms with Crippen molar-refractivity contribution in [3.63, 3.8) is 0 Å². The van der Waals surface area contributed by atoms with Gasteiger partial charge in [0.2, 0.25) is 0 Å². The Morgan fingerprint density at radius 3 is 1.13 bits per heavy atom. The van der Waals surface area contributed by atoms with E-state index in [0.29, 0.717) is 0 Å². The standard InChI is InChI=1S/C72H53N5/c1-3-21-62(60(19-1)50-28-32-52(33-29-50)68-25-7-12-40-73-68)56-45-57(63-22-4-2-20-61(63)51-30-34-53(35-31-51)69-26-8-13-41-74-69)47-58(46-56)64-23-5-6-24-65(64)66-37-36-55(71-76-43-16-44-77-71)49-67(66)72(38-10-11-39-72)59-18-15-17-54(48-59)70-27-9-14-42-75-70/h1-9,12-37,40-49H,10-11,38-39H2. The molecule has 0 bridgehead atoms. The Labute approximate surface area is 450 Å². The summed E-state index contributed by atoms with van der Waals surface area (Å²) in [5.41, 5.74) is 23.4. The molecule has 0 atom stereocenters. The largest absolute Gasteiger partial charge is 0.256 e. The lowest BCUT2D eigenvalue weighted by Crippen LogP contribution is -2.25. The van der Waals surface area contributed by atoms with E-state index in [1.807, 2.05) is 67.4 Å². The van der Waals surface area contributed by atoms with Crippen LogP contribution in [0.1, 0.15) is 36.8 Å². The van der Waals surface area contributed by atoms with Gasteiger partial charge < -0.3 is 0 Å². The summed E-state index contributed by atoms with van der Waals surface area (Å²) in [6.45, 7) is 0. The molecule has 13 rings (SSSR count). The number of pyridine rings is 3. The highest BCUT2D eigenvalue weighted by molar-refractivity contribution is 5.95. The van der Waals surface area contributed by atoms with Gasteiger partial charge in [-0.25, -0.2) is 9.97 Å². The van der Waals surface area contributed by atoms with Crippen LogP contribution in [-0.4, -0.2) is 24.9 Å². The highest BCUT2D eigenvalue weighted by Crippen LogP contribution is 2.52. The Morgan fingerprint density at radius 2 is 0.649 bits per heavy atom. The predicted molar refractivity (Wildman–Crippen MR) is 315 cm³/mol. The number of rotatable bonds is 12. The van der Waals surface area contributed by atoms with Gasteiger partial charge in [-0.2, -0.15) is 0 Å². The molecule has 0 amide bonds. The quantitative estimate of drug-likeness (QED) is 0.122. The summed E-state index contributed by atoms with van der Waals surface area (Å²) in [5, 5.41) is 0. The van der Waals surface area contributed by atoms with Gasteiger partial charge in [-0.15, -0.1) is 0 Å². The summed E-state index contributed by atoms with van der Waals surface area (Å²) >= 11 is 0. The van der Waals surface area contributed by atoms with E-state index < -0.39 is 0 Å². The highest BCUT2D eigenvalue weighted by atomic mass is 14.8. The molecule has 5 heteroatoms. The van der Waals surface area contributed by atoms with Crippen LogP contribution < -0.4 is 0 Å². The summed E-state index contributed by atoms with van der Waals surface area (Å²) in [6, 6.07) is 87.7. The fraction of sp³-hybridized carbons (Fsp3) is 0.0694. The van der Waals surface area contributed by atoms with Crippen molar-refractivity contribution in [3.05, 3.63) is 285 Å². The fourth-order valence-electron chi connectivity index (χ4n) is 11.7. The van der Waals surface area contributed by atoms with E-state index in [1.54, 1.807) is 0 Å². The third kappa shape index (κ3) is 9.34. The lowest BCUT2D eigenvalue weighted by Gasteiger charge is -2.34. The number of aromatic nitrogens is 5. The van der Waals surface area contributed by atoms with Crippen molar-refractivity contribution in [1.29, 1.82) is 0 Å². The van der Waals surface area contributed by atoms with Crippen LogP contribution in [0, 0.1) is 0 Å². The normalized spacial score (nSPS) is 12.8. The Bertz CT molecular complexity index is 3860. The summed E-state index contributed by atoms with van der Waals surface area (Å²) in [6.07, 6.45) is 13.5. The maximum atomic E-state index is 4.79. The van der Waals surface area contributed by atoms with E-state index in [1.165, 1.54) is 22.3 Å². The van der Waals surface area contributed by atoms with Crippen molar-refractivity contribution in [2.75, 3.05) is 0 Å². The van der Waals surface area contributed by atoms with E-state index >= 15 is 0 Å².